The van der Waals surface area contributed by atoms with Crippen LogP contribution in [0.5, 0.6) is 0 Å². The molecule has 1 aromatic carbocycles. The van der Waals surface area contributed by atoms with Gasteiger partial charge in [-0.25, -0.2) is 0 Å². The molecule has 1 aromatic rings. The van der Waals surface area contributed by atoms with Gasteiger partial charge in [-0.1, -0.05) is 25.1 Å². The molecule has 14 heavy (non-hydrogen) atoms. The molecule has 0 amide bonds. The Labute approximate surface area is 84.1 Å². The second kappa shape index (κ2) is 2.69. The molecule has 3 rings (SSSR count). The molecule has 0 aliphatic heterocycles. The van der Waals surface area contributed by atoms with Gasteiger partial charge in [0.2, 0.25) is 0 Å². The lowest BCUT2D eigenvalue weighted by molar-refractivity contribution is 0.0987. The minimum absolute atomic E-state index is 0.362. The van der Waals surface area contributed by atoms with Crippen LogP contribution >= 0.6 is 0 Å². The fourth-order valence-corrected chi connectivity index (χ4v) is 3.00. The van der Waals surface area contributed by atoms with Crippen molar-refractivity contribution in [1.82, 2.24) is 0 Å². The maximum Gasteiger partial charge on any atom is 0.163 e. The molecule has 0 heterocycles. The molecule has 2 atom stereocenters. The molecule has 0 saturated carbocycles. The van der Waals surface area contributed by atoms with E-state index < -0.39 is 0 Å². The van der Waals surface area contributed by atoms with Crippen molar-refractivity contribution in [3.8, 4) is 0 Å². The van der Waals surface area contributed by atoms with Gasteiger partial charge in [0.15, 0.2) is 5.78 Å². The van der Waals surface area contributed by atoms with Crippen molar-refractivity contribution < 1.29 is 4.79 Å². The van der Waals surface area contributed by atoms with E-state index in [0.29, 0.717) is 17.6 Å². The molecule has 72 valence electrons. The number of hydrogen-bond donors (Lipinski definition) is 0. The Kier molecular flexibility index (Phi) is 1.58. The predicted molar refractivity (Wildman–Crippen MR) is 55.8 cm³/mol. The summed E-state index contributed by atoms with van der Waals surface area (Å²) in [6.07, 6.45) is 3.21. The van der Waals surface area contributed by atoms with Gasteiger partial charge in [0.05, 0.1) is 0 Å². The fraction of sp³-hybridized carbons (Fsp3) is 0.462. The molecular formula is C13H14O. The van der Waals surface area contributed by atoms with Gasteiger partial charge < -0.3 is 0 Å². The van der Waals surface area contributed by atoms with Crippen LogP contribution < -0.4 is 0 Å². The Balaban J connectivity index is 2.27. The standard InChI is InChI=1S/C13H14O/c1-8-5-6-9-7-12(14)11-4-2-3-10(8)13(9)11/h2-4,8-9H,5-7H2,1H3. The number of benzene rings is 1. The molecule has 1 nitrogen and oxygen atoms in total. The first-order valence-electron chi connectivity index (χ1n) is 5.43. The Morgan fingerprint density at radius 2 is 2.14 bits per heavy atom. The van der Waals surface area contributed by atoms with Crippen LogP contribution in [-0.2, 0) is 0 Å². The Hall–Kier alpha value is -1.11. The monoisotopic (exact) mass is 186 g/mol. The van der Waals surface area contributed by atoms with Crippen molar-refractivity contribution in [2.45, 2.75) is 38.0 Å². The number of carbonyl (C=O) groups excluding carboxylic acids is 1. The third kappa shape index (κ3) is 0.927. The van der Waals surface area contributed by atoms with Crippen molar-refractivity contribution >= 4 is 5.78 Å². The third-order valence-corrected chi connectivity index (χ3v) is 3.76. The number of ketones is 1. The lowest BCUT2D eigenvalue weighted by Gasteiger charge is -2.26. The predicted octanol–water partition coefficient (Wildman–Crippen LogP) is 3.25. The zero-order valence-electron chi connectivity index (χ0n) is 8.42. The number of rotatable bonds is 0. The Morgan fingerprint density at radius 1 is 1.29 bits per heavy atom. The van der Waals surface area contributed by atoms with Crippen molar-refractivity contribution in [1.29, 1.82) is 0 Å². The van der Waals surface area contributed by atoms with Crippen LogP contribution in [0.4, 0.5) is 0 Å². The van der Waals surface area contributed by atoms with Crippen molar-refractivity contribution in [3.63, 3.8) is 0 Å². The van der Waals surface area contributed by atoms with E-state index in [-0.39, 0.29) is 0 Å². The quantitative estimate of drug-likeness (QED) is 0.607. The molecule has 0 saturated heterocycles. The SMILES string of the molecule is CC1CCC2CC(=O)c3cccc1c32. The van der Waals surface area contributed by atoms with Crippen LogP contribution in [0, 0.1) is 0 Å². The summed E-state index contributed by atoms with van der Waals surface area (Å²) < 4.78 is 0. The zero-order chi connectivity index (χ0) is 9.71. The van der Waals surface area contributed by atoms with E-state index in [0.717, 1.165) is 12.0 Å². The van der Waals surface area contributed by atoms with E-state index >= 15 is 0 Å². The average molecular weight is 186 g/mol. The van der Waals surface area contributed by atoms with Crippen molar-refractivity contribution in [2.24, 2.45) is 0 Å². The molecule has 2 aliphatic rings. The van der Waals surface area contributed by atoms with Crippen LogP contribution in [0.3, 0.4) is 0 Å². The zero-order valence-corrected chi connectivity index (χ0v) is 8.42. The maximum atomic E-state index is 11.7. The van der Waals surface area contributed by atoms with E-state index in [9.17, 15) is 4.79 Å². The Morgan fingerprint density at radius 3 is 3.00 bits per heavy atom. The Bertz CT molecular complexity index is 406. The van der Waals surface area contributed by atoms with E-state index in [4.69, 9.17) is 0 Å². The summed E-state index contributed by atoms with van der Waals surface area (Å²) in [5.74, 6) is 1.55. The number of Topliss-reactive ketones (excluding diaryl/α,β-unsaturated/α-hetero) is 1. The molecule has 0 fully saturated rings. The summed E-state index contributed by atoms with van der Waals surface area (Å²) in [5, 5.41) is 0. The first-order valence-corrected chi connectivity index (χ1v) is 5.43. The van der Waals surface area contributed by atoms with E-state index in [2.05, 4.69) is 13.0 Å². The molecule has 0 radical (unpaired) electrons. The highest BCUT2D eigenvalue weighted by molar-refractivity contribution is 6.01. The molecule has 2 unspecified atom stereocenters. The summed E-state index contributed by atoms with van der Waals surface area (Å²) in [6.45, 7) is 2.27. The van der Waals surface area contributed by atoms with Gasteiger partial charge in [-0.15, -0.1) is 0 Å². The second-order valence-electron chi connectivity index (χ2n) is 4.61. The van der Waals surface area contributed by atoms with Crippen molar-refractivity contribution in [3.05, 3.63) is 34.9 Å². The fourth-order valence-electron chi connectivity index (χ4n) is 3.00. The maximum absolute atomic E-state index is 11.7. The van der Waals surface area contributed by atoms with Gasteiger partial charge in [0.25, 0.3) is 0 Å². The highest BCUT2D eigenvalue weighted by Gasteiger charge is 2.35. The largest absolute Gasteiger partial charge is 0.294 e. The molecule has 1 heteroatoms. The van der Waals surface area contributed by atoms with Gasteiger partial charge in [0.1, 0.15) is 0 Å². The van der Waals surface area contributed by atoms with Crippen molar-refractivity contribution in [2.75, 3.05) is 0 Å². The average Bonchev–Trinajstić information content (AvgIpc) is 2.52. The molecule has 0 spiro atoms. The van der Waals surface area contributed by atoms with Gasteiger partial charge >= 0.3 is 0 Å². The summed E-state index contributed by atoms with van der Waals surface area (Å²) in [4.78, 5) is 11.7. The molecule has 0 bridgehead atoms. The summed E-state index contributed by atoms with van der Waals surface area (Å²) in [7, 11) is 0. The van der Waals surface area contributed by atoms with Crippen LogP contribution in [0.25, 0.3) is 0 Å². The smallest absolute Gasteiger partial charge is 0.163 e. The second-order valence-corrected chi connectivity index (χ2v) is 4.61. The van der Waals surface area contributed by atoms with Gasteiger partial charge in [0, 0.05) is 12.0 Å². The minimum Gasteiger partial charge on any atom is -0.294 e. The van der Waals surface area contributed by atoms with Crippen LogP contribution in [0.15, 0.2) is 18.2 Å². The third-order valence-electron chi connectivity index (χ3n) is 3.76. The number of hydrogen-bond acceptors (Lipinski definition) is 1. The van der Waals surface area contributed by atoms with Gasteiger partial charge in [-0.3, -0.25) is 4.79 Å². The molecular weight excluding hydrogens is 172 g/mol. The topological polar surface area (TPSA) is 17.1 Å². The van der Waals surface area contributed by atoms with E-state index in [1.165, 1.54) is 24.0 Å². The summed E-state index contributed by atoms with van der Waals surface area (Å²) in [5.41, 5.74) is 3.83. The summed E-state index contributed by atoms with van der Waals surface area (Å²) in [6, 6.07) is 6.24. The molecule has 0 N–H and O–H groups in total. The van der Waals surface area contributed by atoms with E-state index in [1.807, 2.05) is 12.1 Å². The highest BCUT2D eigenvalue weighted by atomic mass is 16.1. The van der Waals surface area contributed by atoms with Crippen LogP contribution in [-0.4, -0.2) is 5.78 Å². The lowest BCUT2D eigenvalue weighted by Crippen LogP contribution is -2.09. The first-order chi connectivity index (χ1) is 6.77. The van der Waals surface area contributed by atoms with E-state index in [1.54, 1.807) is 0 Å². The van der Waals surface area contributed by atoms with Crippen LogP contribution in [0.2, 0.25) is 0 Å². The number of carbonyl (C=O) groups is 1. The van der Waals surface area contributed by atoms with Gasteiger partial charge in [-0.2, -0.15) is 0 Å². The summed E-state index contributed by atoms with van der Waals surface area (Å²) >= 11 is 0. The highest BCUT2D eigenvalue weighted by Crippen LogP contribution is 2.46. The normalized spacial score (nSPS) is 29.1. The first kappa shape index (κ1) is 8.22. The molecule has 2 aliphatic carbocycles. The minimum atomic E-state index is 0.362. The molecule has 0 aromatic heterocycles. The van der Waals surface area contributed by atoms with Gasteiger partial charge in [-0.05, 0) is 35.8 Å². The lowest BCUT2D eigenvalue weighted by atomic mass is 9.78. The van der Waals surface area contributed by atoms with Crippen LogP contribution in [0.1, 0.15) is 59.5 Å².